The predicted octanol–water partition coefficient (Wildman–Crippen LogP) is 1.34. The van der Waals surface area contributed by atoms with Gasteiger partial charge in [-0.3, -0.25) is 0 Å². The zero-order valence-corrected chi connectivity index (χ0v) is 8.61. The largest absolute Gasteiger partial charge is 0.355 e. The van der Waals surface area contributed by atoms with Crippen molar-refractivity contribution in [2.45, 2.75) is 32.5 Å². The molecule has 0 N–H and O–H groups in total. The van der Waals surface area contributed by atoms with E-state index in [0.29, 0.717) is 6.61 Å². The lowest BCUT2D eigenvalue weighted by Gasteiger charge is -2.22. The lowest BCUT2D eigenvalue weighted by atomic mass is 10.2. The molecular weight excluding hydrogens is 184 g/mol. The SMILES string of the molecule is CC(C=O)COCOC1CCCCO1. The molecule has 82 valence electrons. The number of hydrogen-bond acceptors (Lipinski definition) is 4. The summed E-state index contributed by atoms with van der Waals surface area (Å²) in [6.45, 7) is 3.21. The van der Waals surface area contributed by atoms with E-state index in [9.17, 15) is 4.79 Å². The van der Waals surface area contributed by atoms with Gasteiger partial charge in [0.05, 0.1) is 6.61 Å². The third-order valence-electron chi connectivity index (χ3n) is 2.09. The van der Waals surface area contributed by atoms with E-state index in [2.05, 4.69) is 0 Å². The highest BCUT2D eigenvalue weighted by Gasteiger charge is 2.13. The normalized spacial score (nSPS) is 24.5. The second kappa shape index (κ2) is 6.92. The first-order chi connectivity index (χ1) is 6.83. The summed E-state index contributed by atoms with van der Waals surface area (Å²) in [6, 6.07) is 0. The van der Waals surface area contributed by atoms with Gasteiger partial charge in [-0.25, -0.2) is 0 Å². The Balaban J connectivity index is 1.94. The van der Waals surface area contributed by atoms with Crippen molar-refractivity contribution in [3.63, 3.8) is 0 Å². The molecule has 1 heterocycles. The third-order valence-corrected chi connectivity index (χ3v) is 2.09. The Morgan fingerprint density at radius 3 is 3.07 bits per heavy atom. The van der Waals surface area contributed by atoms with Gasteiger partial charge in [-0.15, -0.1) is 0 Å². The average molecular weight is 202 g/mol. The maximum atomic E-state index is 10.3. The van der Waals surface area contributed by atoms with E-state index in [0.717, 1.165) is 32.2 Å². The molecule has 4 nitrogen and oxygen atoms in total. The molecule has 2 unspecified atom stereocenters. The van der Waals surface area contributed by atoms with Gasteiger partial charge in [-0.05, 0) is 19.3 Å². The lowest BCUT2D eigenvalue weighted by molar-refractivity contribution is -0.210. The molecule has 0 saturated carbocycles. The van der Waals surface area contributed by atoms with Crippen molar-refractivity contribution in [1.82, 2.24) is 0 Å². The van der Waals surface area contributed by atoms with Crippen molar-refractivity contribution in [3.05, 3.63) is 0 Å². The Hall–Kier alpha value is -0.450. The molecule has 1 rings (SSSR count). The molecule has 0 spiro atoms. The van der Waals surface area contributed by atoms with Crippen LogP contribution in [0.2, 0.25) is 0 Å². The minimum absolute atomic E-state index is 0.0640. The van der Waals surface area contributed by atoms with Crippen LogP contribution >= 0.6 is 0 Å². The lowest BCUT2D eigenvalue weighted by Crippen LogP contribution is -2.24. The van der Waals surface area contributed by atoms with Gasteiger partial charge in [-0.2, -0.15) is 0 Å². The standard InChI is InChI=1S/C10H18O4/c1-9(6-11)7-12-8-14-10-4-2-3-5-13-10/h6,9-10H,2-5,7-8H2,1H3. The molecule has 4 heteroatoms. The summed E-state index contributed by atoms with van der Waals surface area (Å²) in [7, 11) is 0. The second-order valence-electron chi connectivity index (χ2n) is 3.56. The van der Waals surface area contributed by atoms with E-state index in [-0.39, 0.29) is 19.0 Å². The second-order valence-corrected chi connectivity index (χ2v) is 3.56. The summed E-state index contributed by atoms with van der Waals surface area (Å²) in [5.41, 5.74) is 0. The van der Waals surface area contributed by atoms with Crippen LogP contribution in [0.3, 0.4) is 0 Å². The highest BCUT2D eigenvalue weighted by atomic mass is 16.7. The fourth-order valence-electron chi connectivity index (χ4n) is 1.24. The third kappa shape index (κ3) is 4.69. The Morgan fingerprint density at radius 2 is 2.43 bits per heavy atom. The van der Waals surface area contributed by atoms with Crippen molar-refractivity contribution in [1.29, 1.82) is 0 Å². The number of aldehydes is 1. The van der Waals surface area contributed by atoms with E-state index < -0.39 is 0 Å². The number of ether oxygens (including phenoxy) is 3. The molecule has 0 amide bonds. The molecule has 0 aromatic heterocycles. The van der Waals surface area contributed by atoms with Crippen molar-refractivity contribution in [2.24, 2.45) is 5.92 Å². The Kier molecular flexibility index (Phi) is 5.75. The van der Waals surface area contributed by atoms with E-state index in [1.165, 1.54) is 0 Å². The Morgan fingerprint density at radius 1 is 1.57 bits per heavy atom. The fourth-order valence-corrected chi connectivity index (χ4v) is 1.24. The molecule has 0 aromatic rings. The number of carbonyl (C=O) groups excluding carboxylic acids is 1. The molecule has 1 aliphatic heterocycles. The van der Waals surface area contributed by atoms with Crippen molar-refractivity contribution < 1.29 is 19.0 Å². The van der Waals surface area contributed by atoms with Gasteiger partial charge in [0.1, 0.15) is 13.1 Å². The molecule has 0 aliphatic carbocycles. The molecule has 1 aliphatic rings. The maximum Gasteiger partial charge on any atom is 0.160 e. The van der Waals surface area contributed by atoms with E-state index in [1.54, 1.807) is 0 Å². The fraction of sp³-hybridized carbons (Fsp3) is 0.900. The summed E-state index contributed by atoms with van der Waals surface area (Å²) in [4.78, 5) is 10.3. The van der Waals surface area contributed by atoms with E-state index in [4.69, 9.17) is 14.2 Å². The van der Waals surface area contributed by atoms with Gasteiger partial charge in [0.25, 0.3) is 0 Å². The van der Waals surface area contributed by atoms with Crippen molar-refractivity contribution in [3.8, 4) is 0 Å². The highest BCUT2D eigenvalue weighted by molar-refractivity contribution is 5.52. The molecule has 2 atom stereocenters. The first-order valence-corrected chi connectivity index (χ1v) is 5.09. The zero-order valence-electron chi connectivity index (χ0n) is 8.61. The molecule has 0 radical (unpaired) electrons. The van der Waals surface area contributed by atoms with E-state index >= 15 is 0 Å². The molecule has 1 saturated heterocycles. The average Bonchev–Trinajstić information content (AvgIpc) is 2.25. The van der Waals surface area contributed by atoms with Gasteiger partial charge in [0, 0.05) is 12.5 Å². The van der Waals surface area contributed by atoms with Crippen LogP contribution in [0, 0.1) is 5.92 Å². The van der Waals surface area contributed by atoms with Gasteiger partial charge < -0.3 is 19.0 Å². The first kappa shape index (κ1) is 11.6. The smallest absolute Gasteiger partial charge is 0.160 e. The van der Waals surface area contributed by atoms with Crippen LogP contribution in [0.15, 0.2) is 0 Å². The van der Waals surface area contributed by atoms with Crippen LogP contribution in [0.4, 0.5) is 0 Å². The van der Waals surface area contributed by atoms with Crippen molar-refractivity contribution >= 4 is 6.29 Å². The maximum absolute atomic E-state index is 10.3. The molecule has 0 bridgehead atoms. The minimum Gasteiger partial charge on any atom is -0.355 e. The van der Waals surface area contributed by atoms with E-state index in [1.807, 2.05) is 6.92 Å². The van der Waals surface area contributed by atoms with Crippen LogP contribution in [0.1, 0.15) is 26.2 Å². The summed E-state index contributed by atoms with van der Waals surface area (Å²) in [5, 5.41) is 0. The first-order valence-electron chi connectivity index (χ1n) is 5.09. The summed E-state index contributed by atoms with van der Waals surface area (Å²) in [5.74, 6) is -0.0640. The molecule has 14 heavy (non-hydrogen) atoms. The van der Waals surface area contributed by atoms with Gasteiger partial charge >= 0.3 is 0 Å². The summed E-state index contributed by atoms with van der Waals surface area (Å²) < 4.78 is 15.8. The van der Waals surface area contributed by atoms with Crippen LogP contribution in [-0.4, -0.2) is 32.6 Å². The monoisotopic (exact) mass is 202 g/mol. The number of carbonyl (C=O) groups is 1. The number of rotatable bonds is 6. The molecule has 1 fully saturated rings. The van der Waals surface area contributed by atoms with Gasteiger partial charge in [0.15, 0.2) is 6.29 Å². The topological polar surface area (TPSA) is 44.8 Å². The Labute approximate surface area is 84.5 Å². The quantitative estimate of drug-likeness (QED) is 0.370. The van der Waals surface area contributed by atoms with Crippen LogP contribution in [0.5, 0.6) is 0 Å². The van der Waals surface area contributed by atoms with Crippen LogP contribution in [0.25, 0.3) is 0 Å². The van der Waals surface area contributed by atoms with Crippen LogP contribution < -0.4 is 0 Å². The Bertz CT molecular complexity index is 154. The zero-order chi connectivity index (χ0) is 10.2. The van der Waals surface area contributed by atoms with Gasteiger partial charge in [-0.1, -0.05) is 6.92 Å². The summed E-state index contributed by atoms with van der Waals surface area (Å²) in [6.07, 6.45) is 3.96. The van der Waals surface area contributed by atoms with Crippen LogP contribution in [-0.2, 0) is 19.0 Å². The molecule has 0 aromatic carbocycles. The number of hydrogen-bond donors (Lipinski definition) is 0. The minimum atomic E-state index is -0.115. The van der Waals surface area contributed by atoms with Crippen molar-refractivity contribution in [2.75, 3.05) is 20.0 Å². The summed E-state index contributed by atoms with van der Waals surface area (Å²) >= 11 is 0. The van der Waals surface area contributed by atoms with Gasteiger partial charge in [0.2, 0.25) is 0 Å². The predicted molar refractivity (Wildman–Crippen MR) is 50.7 cm³/mol. The highest BCUT2D eigenvalue weighted by Crippen LogP contribution is 2.13. The molecular formula is C10H18O4.